The van der Waals surface area contributed by atoms with Gasteiger partial charge in [0.05, 0.1) is 0 Å². The summed E-state index contributed by atoms with van der Waals surface area (Å²) in [6, 6.07) is 9.52. The molecule has 1 saturated heterocycles. The Morgan fingerprint density at radius 2 is 2.12 bits per heavy atom. The van der Waals surface area contributed by atoms with Crippen LogP contribution in [0, 0.1) is 5.92 Å². The molecular formula is C13H19ClN2O. The minimum atomic E-state index is 0. The lowest BCUT2D eigenvalue weighted by molar-refractivity contribution is 0.0787. The molecule has 0 aromatic heterocycles. The Labute approximate surface area is 109 Å². The molecule has 1 amide bonds. The van der Waals surface area contributed by atoms with E-state index in [1.54, 1.807) is 0 Å². The van der Waals surface area contributed by atoms with Gasteiger partial charge in [0, 0.05) is 18.7 Å². The number of carbonyl (C=O) groups excluding carboxylic acids is 1. The maximum absolute atomic E-state index is 12.1. The third-order valence-corrected chi connectivity index (χ3v) is 3.09. The zero-order valence-electron chi connectivity index (χ0n) is 10.1. The molecule has 1 atom stereocenters. The van der Waals surface area contributed by atoms with E-state index in [1.807, 2.05) is 42.3 Å². The summed E-state index contributed by atoms with van der Waals surface area (Å²) < 4.78 is 0. The van der Waals surface area contributed by atoms with Crippen molar-refractivity contribution in [1.82, 2.24) is 10.2 Å². The second-order valence-electron chi connectivity index (χ2n) is 4.33. The number of nitrogens with one attached hydrogen (secondary N) is 1. The number of carbonyl (C=O) groups is 1. The van der Waals surface area contributed by atoms with Crippen molar-refractivity contribution >= 4 is 18.3 Å². The fraction of sp³-hybridized carbons (Fsp3) is 0.462. The first-order valence-electron chi connectivity index (χ1n) is 5.80. The monoisotopic (exact) mass is 254 g/mol. The van der Waals surface area contributed by atoms with E-state index in [0.717, 1.165) is 31.6 Å². The zero-order valence-corrected chi connectivity index (χ0v) is 10.9. The summed E-state index contributed by atoms with van der Waals surface area (Å²) in [6.07, 6.45) is 1.11. The largest absolute Gasteiger partial charge is 0.338 e. The molecule has 1 aromatic rings. The summed E-state index contributed by atoms with van der Waals surface area (Å²) in [4.78, 5) is 14.1. The summed E-state index contributed by atoms with van der Waals surface area (Å²) in [5.41, 5.74) is 0.799. The maximum atomic E-state index is 12.1. The van der Waals surface area contributed by atoms with Crippen molar-refractivity contribution in [1.29, 1.82) is 0 Å². The number of amides is 1. The highest BCUT2D eigenvalue weighted by Gasteiger charge is 2.26. The predicted molar refractivity (Wildman–Crippen MR) is 71.6 cm³/mol. The first kappa shape index (κ1) is 14.0. The molecule has 0 saturated carbocycles. The van der Waals surface area contributed by atoms with Crippen molar-refractivity contribution in [2.45, 2.75) is 6.42 Å². The van der Waals surface area contributed by atoms with Crippen molar-refractivity contribution in [3.8, 4) is 0 Å². The van der Waals surface area contributed by atoms with Crippen LogP contribution in [-0.2, 0) is 0 Å². The van der Waals surface area contributed by atoms with Gasteiger partial charge in [-0.05, 0) is 38.1 Å². The lowest BCUT2D eigenvalue weighted by atomic mass is 10.1. The van der Waals surface area contributed by atoms with Gasteiger partial charge in [0.2, 0.25) is 0 Å². The van der Waals surface area contributed by atoms with Crippen LogP contribution in [0.5, 0.6) is 0 Å². The fourth-order valence-corrected chi connectivity index (χ4v) is 2.24. The Hall–Kier alpha value is -1.06. The van der Waals surface area contributed by atoms with E-state index in [0.29, 0.717) is 5.92 Å². The van der Waals surface area contributed by atoms with Crippen LogP contribution in [-0.4, -0.2) is 37.5 Å². The van der Waals surface area contributed by atoms with E-state index >= 15 is 0 Å². The van der Waals surface area contributed by atoms with Gasteiger partial charge in [-0.2, -0.15) is 0 Å². The standard InChI is InChI=1S/C13H18N2O.ClH/c1-14-9-11-7-8-15(10-11)13(16)12-5-3-2-4-6-12;/h2-6,11,14H,7-10H2,1H3;1H. The lowest BCUT2D eigenvalue weighted by Crippen LogP contribution is -2.30. The van der Waals surface area contributed by atoms with Crippen LogP contribution >= 0.6 is 12.4 Å². The topological polar surface area (TPSA) is 32.3 Å². The molecule has 0 spiro atoms. The Morgan fingerprint density at radius 3 is 2.76 bits per heavy atom. The fourth-order valence-electron chi connectivity index (χ4n) is 2.24. The first-order valence-corrected chi connectivity index (χ1v) is 5.80. The molecule has 1 N–H and O–H groups in total. The molecule has 2 rings (SSSR count). The Kier molecular flexibility index (Phi) is 5.45. The van der Waals surface area contributed by atoms with Crippen molar-refractivity contribution in [2.24, 2.45) is 5.92 Å². The van der Waals surface area contributed by atoms with E-state index in [9.17, 15) is 4.79 Å². The molecule has 1 fully saturated rings. The number of nitrogens with zero attached hydrogens (tertiary/aromatic N) is 1. The van der Waals surface area contributed by atoms with Crippen LogP contribution in [0.3, 0.4) is 0 Å². The first-order chi connectivity index (χ1) is 7.81. The molecule has 1 heterocycles. The number of hydrogen-bond acceptors (Lipinski definition) is 2. The van der Waals surface area contributed by atoms with Crippen LogP contribution in [0.2, 0.25) is 0 Å². The average molecular weight is 255 g/mol. The van der Waals surface area contributed by atoms with Gasteiger partial charge in [-0.3, -0.25) is 4.79 Å². The second-order valence-corrected chi connectivity index (χ2v) is 4.33. The van der Waals surface area contributed by atoms with Gasteiger partial charge in [-0.1, -0.05) is 18.2 Å². The normalized spacial score (nSPS) is 18.9. The third-order valence-electron chi connectivity index (χ3n) is 3.09. The lowest BCUT2D eigenvalue weighted by Gasteiger charge is -2.16. The van der Waals surface area contributed by atoms with Gasteiger partial charge in [0.25, 0.3) is 5.91 Å². The van der Waals surface area contributed by atoms with Crippen LogP contribution in [0.4, 0.5) is 0 Å². The van der Waals surface area contributed by atoms with Gasteiger partial charge in [0.1, 0.15) is 0 Å². The Bertz CT molecular complexity index is 356. The molecule has 17 heavy (non-hydrogen) atoms. The summed E-state index contributed by atoms with van der Waals surface area (Å²) in [5, 5.41) is 3.17. The van der Waals surface area contributed by atoms with Gasteiger partial charge in [-0.25, -0.2) is 0 Å². The van der Waals surface area contributed by atoms with Crippen LogP contribution in [0.25, 0.3) is 0 Å². The Morgan fingerprint density at radius 1 is 1.41 bits per heavy atom. The smallest absolute Gasteiger partial charge is 0.253 e. The van der Waals surface area contributed by atoms with Crippen molar-refractivity contribution in [2.75, 3.05) is 26.7 Å². The molecule has 1 aliphatic rings. The minimum Gasteiger partial charge on any atom is -0.338 e. The van der Waals surface area contributed by atoms with Gasteiger partial charge >= 0.3 is 0 Å². The summed E-state index contributed by atoms with van der Waals surface area (Å²) in [6.45, 7) is 2.77. The predicted octanol–water partition coefficient (Wildman–Crippen LogP) is 1.79. The van der Waals surface area contributed by atoms with E-state index < -0.39 is 0 Å². The third kappa shape index (κ3) is 3.45. The molecule has 3 nitrogen and oxygen atoms in total. The minimum absolute atomic E-state index is 0. The second kappa shape index (κ2) is 6.62. The maximum Gasteiger partial charge on any atom is 0.253 e. The van der Waals surface area contributed by atoms with E-state index in [1.165, 1.54) is 0 Å². The molecule has 1 aromatic carbocycles. The molecular weight excluding hydrogens is 236 g/mol. The molecule has 0 bridgehead atoms. The molecule has 4 heteroatoms. The van der Waals surface area contributed by atoms with Gasteiger partial charge in [-0.15, -0.1) is 12.4 Å². The summed E-state index contributed by atoms with van der Waals surface area (Å²) in [7, 11) is 1.96. The van der Waals surface area contributed by atoms with Crippen LogP contribution in [0.1, 0.15) is 16.8 Å². The van der Waals surface area contributed by atoms with Gasteiger partial charge < -0.3 is 10.2 Å². The van der Waals surface area contributed by atoms with Crippen molar-refractivity contribution in [3.63, 3.8) is 0 Å². The van der Waals surface area contributed by atoms with Crippen LogP contribution in [0.15, 0.2) is 30.3 Å². The number of halogens is 1. The highest BCUT2D eigenvalue weighted by atomic mass is 35.5. The SMILES string of the molecule is CNCC1CCN(C(=O)c2ccccc2)C1.Cl. The quantitative estimate of drug-likeness (QED) is 0.892. The number of likely N-dealkylation sites (tertiary alicyclic amines) is 1. The molecule has 0 aliphatic carbocycles. The summed E-state index contributed by atoms with van der Waals surface area (Å²) >= 11 is 0. The van der Waals surface area contributed by atoms with Gasteiger partial charge in [0.15, 0.2) is 0 Å². The highest BCUT2D eigenvalue weighted by molar-refractivity contribution is 5.94. The average Bonchev–Trinajstić information content (AvgIpc) is 2.78. The van der Waals surface area contributed by atoms with Crippen molar-refractivity contribution < 1.29 is 4.79 Å². The number of benzene rings is 1. The van der Waals surface area contributed by atoms with E-state index in [4.69, 9.17) is 0 Å². The van der Waals surface area contributed by atoms with E-state index in [-0.39, 0.29) is 18.3 Å². The molecule has 1 unspecified atom stereocenters. The molecule has 0 radical (unpaired) electrons. The molecule has 94 valence electrons. The van der Waals surface area contributed by atoms with Crippen LogP contribution < -0.4 is 5.32 Å². The van der Waals surface area contributed by atoms with Crippen molar-refractivity contribution in [3.05, 3.63) is 35.9 Å². The number of hydrogen-bond donors (Lipinski definition) is 1. The Balaban J connectivity index is 0.00000144. The summed E-state index contributed by atoms with van der Waals surface area (Å²) in [5.74, 6) is 0.775. The van der Waals surface area contributed by atoms with E-state index in [2.05, 4.69) is 5.32 Å². The molecule has 1 aliphatic heterocycles. The highest BCUT2D eigenvalue weighted by Crippen LogP contribution is 2.17. The zero-order chi connectivity index (χ0) is 11.4. The number of rotatable bonds is 3.